The first-order chi connectivity index (χ1) is 7.00. The molecule has 1 aromatic heterocycles. The monoisotopic (exact) mass is 267 g/mol. The Labute approximate surface area is 104 Å². The number of nitrogens with zero attached hydrogens (tertiary/aromatic N) is 3. The molecule has 3 nitrogen and oxygen atoms in total. The molecule has 0 spiro atoms. The maximum absolute atomic E-state index is 5.92. The van der Waals surface area contributed by atoms with Crippen molar-refractivity contribution in [3.05, 3.63) is 21.2 Å². The Morgan fingerprint density at radius 3 is 2.07 bits per heavy atom. The third-order valence-corrected chi connectivity index (χ3v) is 2.71. The van der Waals surface area contributed by atoms with Crippen molar-refractivity contribution in [1.29, 1.82) is 0 Å². The lowest BCUT2D eigenvalue weighted by molar-refractivity contribution is 0.400. The van der Waals surface area contributed by atoms with Gasteiger partial charge in [0.2, 0.25) is 5.28 Å². The number of aromatic nitrogens is 2. The van der Waals surface area contributed by atoms with Crippen LogP contribution in [0.2, 0.25) is 15.6 Å². The molecule has 0 aliphatic carbocycles. The molecule has 15 heavy (non-hydrogen) atoms. The lowest BCUT2D eigenvalue weighted by atomic mass is 10.2. The number of hydrogen-bond acceptors (Lipinski definition) is 3. The fourth-order valence-corrected chi connectivity index (χ4v) is 2.02. The number of rotatable bonds is 4. The normalized spacial score (nSPS) is 11.1. The van der Waals surface area contributed by atoms with E-state index in [9.17, 15) is 0 Å². The largest absolute Gasteiger partial charge is 0.309 e. The number of halogens is 3. The van der Waals surface area contributed by atoms with Crippen LogP contribution in [-0.2, 0) is 6.42 Å². The second-order valence-corrected chi connectivity index (χ2v) is 4.51. The van der Waals surface area contributed by atoms with Gasteiger partial charge in [-0.25, -0.2) is 9.97 Å². The minimum absolute atomic E-state index is 0.0846. The summed E-state index contributed by atoms with van der Waals surface area (Å²) in [5, 5.41) is 0.777. The molecule has 0 unspecified atom stereocenters. The predicted molar refractivity (Wildman–Crippen MR) is 63.9 cm³/mol. The summed E-state index contributed by atoms with van der Waals surface area (Å²) in [5.74, 6) is 0. The van der Waals surface area contributed by atoms with Crippen LogP contribution in [0.3, 0.4) is 0 Å². The van der Waals surface area contributed by atoms with E-state index < -0.39 is 0 Å². The zero-order valence-electron chi connectivity index (χ0n) is 8.60. The highest BCUT2D eigenvalue weighted by molar-refractivity contribution is 6.36. The molecule has 84 valence electrons. The van der Waals surface area contributed by atoms with Crippen LogP contribution in [0.15, 0.2) is 0 Å². The van der Waals surface area contributed by atoms with Crippen molar-refractivity contribution in [2.45, 2.75) is 12.8 Å². The zero-order valence-corrected chi connectivity index (χ0v) is 10.9. The summed E-state index contributed by atoms with van der Waals surface area (Å²) in [4.78, 5) is 9.80. The van der Waals surface area contributed by atoms with E-state index >= 15 is 0 Å². The fourth-order valence-electron chi connectivity index (χ4n) is 1.19. The molecule has 0 saturated carbocycles. The Bertz CT molecular complexity index is 318. The molecular formula is C9H12Cl3N3. The minimum Gasteiger partial charge on any atom is -0.309 e. The van der Waals surface area contributed by atoms with Gasteiger partial charge in [-0.15, -0.1) is 0 Å². The summed E-state index contributed by atoms with van der Waals surface area (Å²) in [6.45, 7) is 0.968. The van der Waals surface area contributed by atoms with Crippen LogP contribution in [0.1, 0.15) is 12.0 Å². The van der Waals surface area contributed by atoms with Gasteiger partial charge >= 0.3 is 0 Å². The van der Waals surface area contributed by atoms with Gasteiger partial charge in [-0.2, -0.15) is 0 Å². The third kappa shape index (κ3) is 4.11. The van der Waals surface area contributed by atoms with Crippen LogP contribution in [0, 0.1) is 0 Å². The topological polar surface area (TPSA) is 29.0 Å². The lowest BCUT2D eigenvalue weighted by Crippen LogP contribution is -2.13. The standard InChI is InChI=1S/C9H12Cl3N3/c1-15(2)5-3-4-6-7(10)13-9(12)14-8(6)11/h3-5H2,1-2H3. The average Bonchev–Trinajstić information content (AvgIpc) is 2.08. The summed E-state index contributed by atoms with van der Waals surface area (Å²) < 4.78 is 0. The molecule has 1 aromatic rings. The maximum atomic E-state index is 5.92. The first-order valence-corrected chi connectivity index (χ1v) is 5.66. The van der Waals surface area contributed by atoms with E-state index in [1.54, 1.807) is 0 Å². The zero-order chi connectivity index (χ0) is 11.4. The van der Waals surface area contributed by atoms with Gasteiger partial charge in [-0.1, -0.05) is 23.2 Å². The Morgan fingerprint density at radius 2 is 1.60 bits per heavy atom. The highest BCUT2D eigenvalue weighted by Crippen LogP contribution is 2.24. The Kier molecular flexibility index (Phi) is 5.06. The van der Waals surface area contributed by atoms with Gasteiger partial charge < -0.3 is 4.90 Å². The van der Waals surface area contributed by atoms with Gasteiger partial charge in [-0.05, 0) is 45.1 Å². The van der Waals surface area contributed by atoms with E-state index in [4.69, 9.17) is 34.8 Å². The molecule has 0 aliphatic heterocycles. The molecule has 1 heterocycles. The van der Waals surface area contributed by atoms with Crippen molar-refractivity contribution in [2.24, 2.45) is 0 Å². The van der Waals surface area contributed by atoms with Crippen molar-refractivity contribution in [3.8, 4) is 0 Å². The van der Waals surface area contributed by atoms with Crippen molar-refractivity contribution >= 4 is 34.8 Å². The van der Waals surface area contributed by atoms with Crippen LogP contribution in [0.5, 0.6) is 0 Å². The summed E-state index contributed by atoms with van der Waals surface area (Å²) in [7, 11) is 4.03. The van der Waals surface area contributed by atoms with Crippen molar-refractivity contribution in [3.63, 3.8) is 0 Å². The molecule has 1 rings (SSSR count). The molecular weight excluding hydrogens is 256 g/mol. The molecule has 0 atom stereocenters. The maximum Gasteiger partial charge on any atom is 0.225 e. The van der Waals surface area contributed by atoms with Gasteiger partial charge in [0.05, 0.1) is 0 Å². The van der Waals surface area contributed by atoms with E-state index in [0.717, 1.165) is 24.9 Å². The molecule has 0 N–H and O–H groups in total. The SMILES string of the molecule is CN(C)CCCc1c(Cl)nc(Cl)nc1Cl. The van der Waals surface area contributed by atoms with Gasteiger partial charge in [0.1, 0.15) is 10.3 Å². The molecule has 0 aromatic carbocycles. The van der Waals surface area contributed by atoms with Gasteiger partial charge in [-0.3, -0.25) is 0 Å². The molecule has 6 heteroatoms. The van der Waals surface area contributed by atoms with Crippen molar-refractivity contribution < 1.29 is 0 Å². The minimum atomic E-state index is 0.0846. The third-order valence-electron chi connectivity index (χ3n) is 1.91. The van der Waals surface area contributed by atoms with E-state index in [-0.39, 0.29) is 5.28 Å². The fraction of sp³-hybridized carbons (Fsp3) is 0.556. The van der Waals surface area contributed by atoms with E-state index in [0.29, 0.717) is 10.3 Å². The van der Waals surface area contributed by atoms with Crippen molar-refractivity contribution in [1.82, 2.24) is 14.9 Å². The molecule has 0 bridgehead atoms. The van der Waals surface area contributed by atoms with Gasteiger partial charge in [0.15, 0.2) is 0 Å². The van der Waals surface area contributed by atoms with Crippen LogP contribution in [0.4, 0.5) is 0 Å². The smallest absolute Gasteiger partial charge is 0.225 e. The van der Waals surface area contributed by atoms with Gasteiger partial charge in [0, 0.05) is 5.56 Å². The van der Waals surface area contributed by atoms with Crippen LogP contribution in [-0.4, -0.2) is 35.5 Å². The lowest BCUT2D eigenvalue weighted by Gasteiger charge is -2.10. The van der Waals surface area contributed by atoms with E-state index in [1.165, 1.54) is 0 Å². The quantitative estimate of drug-likeness (QED) is 0.621. The predicted octanol–water partition coefficient (Wildman–Crippen LogP) is 2.93. The second kappa shape index (κ2) is 5.85. The first kappa shape index (κ1) is 13.0. The van der Waals surface area contributed by atoms with Crippen LogP contribution < -0.4 is 0 Å². The Hall–Kier alpha value is -0.0900. The molecule has 0 radical (unpaired) electrons. The molecule has 0 amide bonds. The van der Waals surface area contributed by atoms with Crippen molar-refractivity contribution in [2.75, 3.05) is 20.6 Å². The molecule has 0 aliphatic rings. The molecule has 0 fully saturated rings. The summed E-state index contributed by atoms with van der Waals surface area (Å²) >= 11 is 17.4. The average molecular weight is 269 g/mol. The highest BCUT2D eigenvalue weighted by atomic mass is 35.5. The van der Waals surface area contributed by atoms with Crippen LogP contribution >= 0.6 is 34.8 Å². The Morgan fingerprint density at radius 1 is 1.07 bits per heavy atom. The van der Waals surface area contributed by atoms with Gasteiger partial charge in [0.25, 0.3) is 0 Å². The highest BCUT2D eigenvalue weighted by Gasteiger charge is 2.10. The first-order valence-electron chi connectivity index (χ1n) is 4.53. The van der Waals surface area contributed by atoms with E-state index in [2.05, 4.69) is 14.9 Å². The summed E-state index contributed by atoms with van der Waals surface area (Å²) in [5.41, 5.74) is 0.768. The van der Waals surface area contributed by atoms with E-state index in [1.807, 2.05) is 14.1 Å². The summed E-state index contributed by atoms with van der Waals surface area (Å²) in [6.07, 6.45) is 1.71. The Balaban J connectivity index is 2.68. The van der Waals surface area contributed by atoms with Crippen LogP contribution in [0.25, 0.3) is 0 Å². The second-order valence-electron chi connectivity index (χ2n) is 3.46. The number of hydrogen-bond donors (Lipinski definition) is 0. The summed E-state index contributed by atoms with van der Waals surface area (Å²) in [6, 6.07) is 0. The molecule has 0 saturated heterocycles.